The van der Waals surface area contributed by atoms with Crippen LogP contribution in [0.25, 0.3) is 0 Å². The van der Waals surface area contributed by atoms with Crippen molar-refractivity contribution in [2.45, 2.75) is 13.0 Å². The second kappa shape index (κ2) is 4.18. The summed E-state index contributed by atoms with van der Waals surface area (Å²) < 4.78 is 5.00. The molecule has 0 aliphatic rings. The van der Waals surface area contributed by atoms with Gasteiger partial charge < -0.3 is 20.7 Å². The Bertz CT molecular complexity index is 389. The minimum absolute atomic E-state index is 0.00231. The number of methoxy groups -OCH3 is 1. The molecule has 1 unspecified atom stereocenters. The molecular weight excluding hydrogens is 198 g/mol. The zero-order valence-electron chi connectivity index (χ0n) is 8.52. The van der Waals surface area contributed by atoms with Crippen LogP contribution < -0.4 is 10.5 Å². The Morgan fingerprint density at radius 1 is 1.53 bits per heavy atom. The molecule has 0 heterocycles. The number of aromatic hydroxyl groups is 1. The standard InChI is InChI=1S/C10H13NO4/c1-5-3-8(15-2)6(4-7(5)12)9(11)10(13)14/h3-4,9,12H,11H2,1-2H3,(H,13,14). The van der Waals surface area contributed by atoms with Gasteiger partial charge in [-0.3, -0.25) is 4.79 Å². The number of hydrogen-bond donors (Lipinski definition) is 3. The summed E-state index contributed by atoms with van der Waals surface area (Å²) in [6.45, 7) is 1.69. The van der Waals surface area contributed by atoms with Crippen LogP contribution in [0.1, 0.15) is 17.2 Å². The molecule has 0 aliphatic carbocycles. The summed E-state index contributed by atoms with van der Waals surface area (Å²) in [5, 5.41) is 18.2. The van der Waals surface area contributed by atoms with Crippen LogP contribution in [0.2, 0.25) is 0 Å². The maximum Gasteiger partial charge on any atom is 0.325 e. The minimum atomic E-state index is -1.20. The van der Waals surface area contributed by atoms with Gasteiger partial charge in [0.05, 0.1) is 7.11 Å². The third-order valence-electron chi connectivity index (χ3n) is 2.15. The molecule has 5 nitrogen and oxygen atoms in total. The Morgan fingerprint density at radius 3 is 2.60 bits per heavy atom. The van der Waals surface area contributed by atoms with E-state index in [-0.39, 0.29) is 11.3 Å². The molecule has 5 heteroatoms. The van der Waals surface area contributed by atoms with Gasteiger partial charge in [-0.25, -0.2) is 0 Å². The van der Waals surface area contributed by atoms with Crippen LogP contribution in [0.4, 0.5) is 0 Å². The number of hydrogen-bond acceptors (Lipinski definition) is 4. The Balaban J connectivity index is 3.27. The lowest BCUT2D eigenvalue weighted by Gasteiger charge is -2.13. The van der Waals surface area contributed by atoms with Gasteiger partial charge in [0.25, 0.3) is 0 Å². The van der Waals surface area contributed by atoms with Gasteiger partial charge in [-0.1, -0.05) is 0 Å². The first-order valence-corrected chi connectivity index (χ1v) is 4.33. The van der Waals surface area contributed by atoms with E-state index in [1.54, 1.807) is 13.0 Å². The minimum Gasteiger partial charge on any atom is -0.508 e. The summed E-state index contributed by atoms with van der Waals surface area (Å²) >= 11 is 0. The van der Waals surface area contributed by atoms with Crippen molar-refractivity contribution in [2.24, 2.45) is 5.73 Å². The first-order chi connectivity index (χ1) is 6.97. The maximum absolute atomic E-state index is 10.7. The number of carboxylic acid groups (broad SMARTS) is 1. The van der Waals surface area contributed by atoms with Crippen LogP contribution in [-0.4, -0.2) is 23.3 Å². The Labute approximate surface area is 87.1 Å². The summed E-state index contributed by atoms with van der Waals surface area (Å²) in [7, 11) is 1.42. The Kier molecular flexibility index (Phi) is 3.16. The smallest absolute Gasteiger partial charge is 0.325 e. The maximum atomic E-state index is 10.7. The van der Waals surface area contributed by atoms with Crippen LogP contribution in [0.15, 0.2) is 12.1 Å². The zero-order valence-corrected chi connectivity index (χ0v) is 8.52. The molecule has 0 amide bonds. The number of rotatable bonds is 3. The van der Waals surface area contributed by atoms with Crippen molar-refractivity contribution in [1.29, 1.82) is 0 Å². The van der Waals surface area contributed by atoms with E-state index in [1.807, 2.05) is 0 Å². The van der Waals surface area contributed by atoms with Crippen molar-refractivity contribution >= 4 is 5.97 Å². The largest absolute Gasteiger partial charge is 0.508 e. The fourth-order valence-electron chi connectivity index (χ4n) is 1.24. The van der Waals surface area contributed by atoms with E-state index in [9.17, 15) is 9.90 Å². The number of carbonyl (C=O) groups is 1. The van der Waals surface area contributed by atoms with Crippen molar-refractivity contribution in [3.05, 3.63) is 23.3 Å². The van der Waals surface area contributed by atoms with E-state index in [4.69, 9.17) is 15.6 Å². The molecule has 82 valence electrons. The Morgan fingerprint density at radius 2 is 2.13 bits per heavy atom. The highest BCUT2D eigenvalue weighted by atomic mass is 16.5. The first kappa shape index (κ1) is 11.3. The van der Waals surface area contributed by atoms with Gasteiger partial charge in [-0.2, -0.15) is 0 Å². The summed E-state index contributed by atoms with van der Waals surface area (Å²) in [5.74, 6) is -0.806. The molecule has 0 fully saturated rings. The molecule has 0 aliphatic heterocycles. The van der Waals surface area contributed by atoms with Gasteiger partial charge in [0.1, 0.15) is 17.5 Å². The van der Waals surface area contributed by atoms with E-state index in [2.05, 4.69) is 0 Å². The van der Waals surface area contributed by atoms with Crippen molar-refractivity contribution in [3.8, 4) is 11.5 Å². The van der Waals surface area contributed by atoms with Crippen molar-refractivity contribution in [3.63, 3.8) is 0 Å². The molecular formula is C10H13NO4. The molecule has 0 aromatic heterocycles. The van der Waals surface area contributed by atoms with Gasteiger partial charge in [-0.05, 0) is 24.6 Å². The van der Waals surface area contributed by atoms with Crippen LogP contribution in [0.3, 0.4) is 0 Å². The van der Waals surface area contributed by atoms with E-state index < -0.39 is 12.0 Å². The normalized spacial score (nSPS) is 12.2. The summed E-state index contributed by atoms with van der Waals surface area (Å²) in [5.41, 5.74) is 6.30. The third kappa shape index (κ3) is 2.19. The highest BCUT2D eigenvalue weighted by Crippen LogP contribution is 2.30. The molecule has 0 radical (unpaired) electrons. The van der Waals surface area contributed by atoms with Crippen molar-refractivity contribution in [1.82, 2.24) is 0 Å². The number of aliphatic carboxylic acids is 1. The molecule has 1 atom stereocenters. The van der Waals surface area contributed by atoms with Gasteiger partial charge in [0.2, 0.25) is 0 Å². The van der Waals surface area contributed by atoms with Crippen molar-refractivity contribution in [2.75, 3.05) is 7.11 Å². The summed E-state index contributed by atoms with van der Waals surface area (Å²) in [6.07, 6.45) is 0. The summed E-state index contributed by atoms with van der Waals surface area (Å²) in [4.78, 5) is 10.7. The first-order valence-electron chi connectivity index (χ1n) is 4.33. The lowest BCUT2D eigenvalue weighted by Crippen LogP contribution is -2.21. The second-order valence-corrected chi connectivity index (χ2v) is 3.20. The molecule has 0 spiro atoms. The van der Waals surface area contributed by atoms with Crippen LogP contribution in [0.5, 0.6) is 11.5 Å². The van der Waals surface area contributed by atoms with Crippen molar-refractivity contribution < 1.29 is 19.7 Å². The van der Waals surface area contributed by atoms with E-state index in [0.717, 1.165) is 0 Å². The lowest BCUT2D eigenvalue weighted by molar-refractivity contribution is -0.138. The van der Waals surface area contributed by atoms with Gasteiger partial charge in [-0.15, -0.1) is 0 Å². The average Bonchev–Trinajstić information content (AvgIpc) is 2.20. The molecule has 4 N–H and O–H groups in total. The van der Waals surface area contributed by atoms with E-state index in [0.29, 0.717) is 11.3 Å². The average molecular weight is 211 g/mol. The number of ether oxygens (including phenoxy) is 1. The summed E-state index contributed by atoms with van der Waals surface area (Å²) in [6, 6.07) is 1.66. The third-order valence-corrected chi connectivity index (χ3v) is 2.15. The van der Waals surface area contributed by atoms with E-state index in [1.165, 1.54) is 13.2 Å². The molecule has 15 heavy (non-hydrogen) atoms. The number of aryl methyl sites for hydroxylation is 1. The van der Waals surface area contributed by atoms with Gasteiger partial charge in [0, 0.05) is 5.56 Å². The predicted octanol–water partition coefficient (Wildman–Crippen LogP) is 0.794. The quantitative estimate of drug-likeness (QED) is 0.687. The van der Waals surface area contributed by atoms with Crippen LogP contribution in [-0.2, 0) is 4.79 Å². The van der Waals surface area contributed by atoms with E-state index >= 15 is 0 Å². The molecule has 0 bridgehead atoms. The fraction of sp³-hybridized carbons (Fsp3) is 0.300. The monoisotopic (exact) mass is 211 g/mol. The molecule has 0 saturated carbocycles. The number of phenols is 1. The number of phenolic OH excluding ortho intramolecular Hbond substituents is 1. The molecule has 1 aromatic carbocycles. The van der Waals surface area contributed by atoms with Gasteiger partial charge >= 0.3 is 5.97 Å². The topological polar surface area (TPSA) is 92.8 Å². The number of carboxylic acids is 1. The molecule has 0 saturated heterocycles. The lowest BCUT2D eigenvalue weighted by atomic mass is 10.0. The number of nitrogens with two attached hydrogens (primary N) is 1. The van der Waals surface area contributed by atoms with Crippen LogP contribution >= 0.6 is 0 Å². The highest BCUT2D eigenvalue weighted by molar-refractivity contribution is 5.76. The Hall–Kier alpha value is -1.75. The predicted molar refractivity (Wildman–Crippen MR) is 54.0 cm³/mol. The molecule has 1 rings (SSSR count). The SMILES string of the molecule is COc1cc(C)c(O)cc1C(N)C(=O)O. The van der Waals surface area contributed by atoms with Crippen LogP contribution in [0, 0.1) is 6.92 Å². The highest BCUT2D eigenvalue weighted by Gasteiger charge is 2.20. The second-order valence-electron chi connectivity index (χ2n) is 3.20. The fourth-order valence-corrected chi connectivity index (χ4v) is 1.24. The zero-order chi connectivity index (χ0) is 11.6. The van der Waals surface area contributed by atoms with Gasteiger partial charge in [0.15, 0.2) is 0 Å². The molecule has 1 aromatic rings. The number of benzene rings is 1.